The van der Waals surface area contributed by atoms with E-state index in [9.17, 15) is 4.39 Å². The van der Waals surface area contributed by atoms with Crippen molar-refractivity contribution in [1.82, 2.24) is 0 Å². The molecule has 84 valence electrons. The first-order valence-electron chi connectivity index (χ1n) is 4.53. The molecule has 1 aromatic carbocycles. The van der Waals surface area contributed by atoms with Gasteiger partial charge in [0.15, 0.2) is 0 Å². The normalized spacial score (nSPS) is 12.6. The maximum atomic E-state index is 13.5. The molecule has 0 saturated heterocycles. The molecule has 3 N–H and O–H groups in total. The summed E-state index contributed by atoms with van der Waals surface area (Å²) in [6.45, 7) is 1.61. The summed E-state index contributed by atoms with van der Waals surface area (Å²) in [5.74, 6) is -0.343. The Labute approximate surface area is 101 Å². The summed E-state index contributed by atoms with van der Waals surface area (Å²) < 4.78 is 14.2. The lowest BCUT2D eigenvalue weighted by atomic mass is 10.2. The van der Waals surface area contributed by atoms with Gasteiger partial charge in [-0.25, -0.2) is 4.39 Å². The van der Waals surface area contributed by atoms with E-state index in [4.69, 9.17) is 10.2 Å². The minimum Gasteiger partial charge on any atom is -0.394 e. The number of benzene rings is 1. The van der Waals surface area contributed by atoms with Crippen LogP contribution in [0.2, 0.25) is 0 Å². The van der Waals surface area contributed by atoms with Gasteiger partial charge in [-0.2, -0.15) is 0 Å². The van der Waals surface area contributed by atoms with E-state index in [1.54, 1.807) is 0 Å². The lowest BCUT2D eigenvalue weighted by Crippen LogP contribution is -2.23. The molecule has 5 heteroatoms. The molecule has 0 radical (unpaired) electrons. The quantitative estimate of drug-likeness (QED) is 0.736. The number of aryl methyl sites for hydroxylation is 1. The number of halogens is 2. The number of nitrogens with one attached hydrogen (secondary N) is 1. The molecule has 1 rings (SSSR count). The van der Waals surface area contributed by atoms with Crippen molar-refractivity contribution < 1.29 is 14.6 Å². The van der Waals surface area contributed by atoms with Crippen LogP contribution in [0.25, 0.3) is 0 Å². The lowest BCUT2D eigenvalue weighted by molar-refractivity contribution is 0.105. The second kappa shape index (κ2) is 5.62. The minimum absolute atomic E-state index is 0.131. The van der Waals surface area contributed by atoms with E-state index in [0.29, 0.717) is 5.69 Å². The maximum Gasteiger partial charge on any atom is 0.147 e. The van der Waals surface area contributed by atoms with E-state index < -0.39 is 6.10 Å². The van der Waals surface area contributed by atoms with Gasteiger partial charge in [0, 0.05) is 10.1 Å². The second-order valence-corrected chi connectivity index (χ2v) is 4.48. The first-order chi connectivity index (χ1) is 7.04. The third-order valence-corrected chi connectivity index (χ3v) is 2.76. The van der Waals surface area contributed by atoms with Crippen molar-refractivity contribution in [1.29, 1.82) is 0 Å². The molecule has 0 aliphatic rings. The number of hydrogen-bond donors (Lipinski definition) is 3. The highest BCUT2D eigenvalue weighted by Gasteiger charge is 2.09. The molecule has 0 heterocycles. The molecule has 15 heavy (non-hydrogen) atoms. The number of anilines is 1. The van der Waals surface area contributed by atoms with Crippen LogP contribution in [0.5, 0.6) is 0 Å². The number of aliphatic hydroxyl groups excluding tert-OH is 2. The van der Waals surface area contributed by atoms with E-state index in [-0.39, 0.29) is 19.0 Å². The van der Waals surface area contributed by atoms with Crippen molar-refractivity contribution >= 4 is 28.3 Å². The van der Waals surface area contributed by atoms with Crippen molar-refractivity contribution in [3.05, 3.63) is 27.1 Å². The Hall–Kier alpha value is -0.400. The SMILES string of the molecule is Cc1cc(F)c(NCC(O)CO)c(I)c1. The highest BCUT2D eigenvalue weighted by Crippen LogP contribution is 2.23. The third kappa shape index (κ3) is 3.58. The molecular weight excluding hydrogens is 312 g/mol. The number of aliphatic hydroxyl groups is 2. The molecule has 0 amide bonds. The zero-order chi connectivity index (χ0) is 11.4. The van der Waals surface area contributed by atoms with Crippen molar-refractivity contribution in [2.45, 2.75) is 13.0 Å². The van der Waals surface area contributed by atoms with Crippen LogP contribution in [0.1, 0.15) is 5.56 Å². The van der Waals surface area contributed by atoms with Gasteiger partial charge < -0.3 is 15.5 Å². The van der Waals surface area contributed by atoms with Crippen LogP contribution >= 0.6 is 22.6 Å². The van der Waals surface area contributed by atoms with Gasteiger partial charge in [-0.1, -0.05) is 0 Å². The predicted octanol–water partition coefficient (Wildman–Crippen LogP) is 1.50. The average Bonchev–Trinajstić information content (AvgIpc) is 2.15. The Morgan fingerprint density at radius 2 is 2.20 bits per heavy atom. The molecule has 0 fully saturated rings. The Balaban J connectivity index is 2.77. The topological polar surface area (TPSA) is 52.5 Å². The van der Waals surface area contributed by atoms with Gasteiger partial charge in [-0.3, -0.25) is 0 Å². The first kappa shape index (κ1) is 12.7. The van der Waals surface area contributed by atoms with Gasteiger partial charge in [0.2, 0.25) is 0 Å². The van der Waals surface area contributed by atoms with Crippen molar-refractivity contribution in [3.8, 4) is 0 Å². The summed E-state index contributed by atoms with van der Waals surface area (Å²) in [4.78, 5) is 0. The van der Waals surface area contributed by atoms with Gasteiger partial charge in [-0.15, -0.1) is 0 Å². The van der Waals surface area contributed by atoms with Crippen LogP contribution in [-0.4, -0.2) is 29.5 Å². The summed E-state index contributed by atoms with van der Waals surface area (Å²) >= 11 is 2.02. The first-order valence-corrected chi connectivity index (χ1v) is 5.61. The third-order valence-electron chi connectivity index (χ3n) is 1.91. The Bertz CT molecular complexity index is 323. The highest BCUT2D eigenvalue weighted by molar-refractivity contribution is 14.1. The zero-order valence-corrected chi connectivity index (χ0v) is 10.5. The van der Waals surface area contributed by atoms with E-state index in [1.807, 2.05) is 35.6 Å². The van der Waals surface area contributed by atoms with E-state index in [2.05, 4.69) is 5.32 Å². The fraction of sp³-hybridized carbons (Fsp3) is 0.400. The van der Waals surface area contributed by atoms with Gasteiger partial charge in [-0.05, 0) is 47.2 Å². The van der Waals surface area contributed by atoms with Gasteiger partial charge in [0.25, 0.3) is 0 Å². The minimum atomic E-state index is -0.874. The van der Waals surface area contributed by atoms with Crippen molar-refractivity contribution in [3.63, 3.8) is 0 Å². The smallest absolute Gasteiger partial charge is 0.147 e. The molecule has 0 spiro atoms. The Kier molecular flexibility index (Phi) is 4.75. The second-order valence-electron chi connectivity index (χ2n) is 3.32. The molecule has 0 aromatic heterocycles. The molecule has 3 nitrogen and oxygen atoms in total. The van der Waals surface area contributed by atoms with Crippen molar-refractivity contribution in [2.75, 3.05) is 18.5 Å². The molecule has 0 bridgehead atoms. The molecule has 0 aliphatic carbocycles. The van der Waals surface area contributed by atoms with Crippen molar-refractivity contribution in [2.24, 2.45) is 0 Å². The summed E-state index contributed by atoms with van der Waals surface area (Å²) in [6.07, 6.45) is -0.874. The maximum absolute atomic E-state index is 13.5. The fourth-order valence-corrected chi connectivity index (χ4v) is 2.09. The summed E-state index contributed by atoms with van der Waals surface area (Å²) in [5, 5.41) is 20.5. The highest BCUT2D eigenvalue weighted by atomic mass is 127. The summed E-state index contributed by atoms with van der Waals surface area (Å²) in [5.41, 5.74) is 1.22. The van der Waals surface area contributed by atoms with E-state index in [0.717, 1.165) is 9.13 Å². The summed E-state index contributed by atoms with van der Waals surface area (Å²) in [7, 11) is 0. The molecular formula is C10H13FINO2. The monoisotopic (exact) mass is 325 g/mol. The lowest BCUT2D eigenvalue weighted by Gasteiger charge is -2.13. The van der Waals surface area contributed by atoms with Gasteiger partial charge >= 0.3 is 0 Å². The molecule has 1 aromatic rings. The standard InChI is InChI=1S/C10H13FINO2/c1-6-2-8(11)10(9(12)3-6)13-4-7(15)5-14/h2-3,7,13-15H,4-5H2,1H3. The van der Waals surface area contributed by atoms with Crippen LogP contribution in [0.4, 0.5) is 10.1 Å². The van der Waals surface area contributed by atoms with E-state index in [1.165, 1.54) is 6.07 Å². The molecule has 0 saturated carbocycles. The number of rotatable bonds is 4. The van der Waals surface area contributed by atoms with Gasteiger partial charge in [0.05, 0.1) is 18.4 Å². The predicted molar refractivity (Wildman–Crippen MR) is 65.4 cm³/mol. The molecule has 1 unspecified atom stereocenters. The average molecular weight is 325 g/mol. The molecule has 0 aliphatic heterocycles. The van der Waals surface area contributed by atoms with Crippen LogP contribution in [0.15, 0.2) is 12.1 Å². The van der Waals surface area contributed by atoms with E-state index >= 15 is 0 Å². The molecule has 1 atom stereocenters. The Morgan fingerprint density at radius 1 is 1.53 bits per heavy atom. The zero-order valence-electron chi connectivity index (χ0n) is 8.30. The summed E-state index contributed by atoms with van der Waals surface area (Å²) in [6, 6.07) is 3.27. The van der Waals surface area contributed by atoms with Gasteiger partial charge in [0.1, 0.15) is 5.82 Å². The largest absolute Gasteiger partial charge is 0.394 e. The van der Waals surface area contributed by atoms with Crippen LogP contribution in [0, 0.1) is 16.3 Å². The van der Waals surface area contributed by atoms with Crippen LogP contribution < -0.4 is 5.32 Å². The fourth-order valence-electron chi connectivity index (χ4n) is 1.15. The van der Waals surface area contributed by atoms with Crippen LogP contribution in [0.3, 0.4) is 0 Å². The Morgan fingerprint density at radius 3 is 2.73 bits per heavy atom. The van der Waals surface area contributed by atoms with Crippen LogP contribution in [-0.2, 0) is 0 Å². The number of hydrogen-bond acceptors (Lipinski definition) is 3.